The van der Waals surface area contributed by atoms with Crippen molar-refractivity contribution in [3.05, 3.63) is 95.8 Å². The molecular formula is C24H21FN2O3. The lowest BCUT2D eigenvalue weighted by Crippen LogP contribution is -2.23. The molecule has 2 aromatic carbocycles. The van der Waals surface area contributed by atoms with Crippen LogP contribution in [0, 0.1) is 12.7 Å². The number of hydrogen-bond acceptors (Lipinski definition) is 3. The topological polar surface area (TPSA) is 56.4 Å². The fourth-order valence-electron chi connectivity index (χ4n) is 3.45. The van der Waals surface area contributed by atoms with Crippen LogP contribution in [-0.4, -0.2) is 17.6 Å². The molecule has 1 amide bonds. The molecule has 0 radical (unpaired) electrons. The maximum atomic E-state index is 14.7. The highest BCUT2D eigenvalue weighted by molar-refractivity contribution is 5.97. The standard InChI is InChI=1S/C24H21FN2O3/c1-16-20(24(28)26-15-19-9-6-12-30-19)14-23(17-7-5-8-18(13-17)29-2)27(16)22-11-4-3-10-21(22)25/h3-14H,15H2,1-2H3,(H,26,28). The Labute approximate surface area is 173 Å². The summed E-state index contributed by atoms with van der Waals surface area (Å²) in [6.07, 6.45) is 1.56. The zero-order valence-electron chi connectivity index (χ0n) is 16.7. The van der Waals surface area contributed by atoms with E-state index in [-0.39, 0.29) is 18.3 Å². The van der Waals surface area contributed by atoms with Gasteiger partial charge in [-0.3, -0.25) is 4.79 Å². The summed E-state index contributed by atoms with van der Waals surface area (Å²) < 4.78 is 27.1. The number of amides is 1. The maximum absolute atomic E-state index is 14.7. The average molecular weight is 404 g/mol. The highest BCUT2D eigenvalue weighted by Crippen LogP contribution is 2.32. The van der Waals surface area contributed by atoms with Crippen LogP contribution < -0.4 is 10.1 Å². The van der Waals surface area contributed by atoms with Gasteiger partial charge in [0.2, 0.25) is 0 Å². The highest BCUT2D eigenvalue weighted by atomic mass is 19.1. The number of aromatic nitrogens is 1. The number of nitrogens with zero attached hydrogens (tertiary/aromatic N) is 1. The number of halogens is 1. The molecule has 4 rings (SSSR count). The van der Waals surface area contributed by atoms with Gasteiger partial charge in [-0.2, -0.15) is 0 Å². The van der Waals surface area contributed by atoms with E-state index in [1.165, 1.54) is 6.07 Å². The first-order valence-electron chi connectivity index (χ1n) is 9.50. The minimum absolute atomic E-state index is 0.261. The number of benzene rings is 2. The first-order valence-corrected chi connectivity index (χ1v) is 9.50. The molecule has 0 unspecified atom stereocenters. The summed E-state index contributed by atoms with van der Waals surface area (Å²) in [6, 6.07) is 19.3. The van der Waals surface area contributed by atoms with Crippen LogP contribution in [-0.2, 0) is 6.54 Å². The van der Waals surface area contributed by atoms with Crippen molar-refractivity contribution in [2.45, 2.75) is 13.5 Å². The van der Waals surface area contributed by atoms with Gasteiger partial charge >= 0.3 is 0 Å². The Morgan fingerprint density at radius 2 is 1.93 bits per heavy atom. The van der Waals surface area contributed by atoms with Crippen LogP contribution in [0.3, 0.4) is 0 Å². The summed E-state index contributed by atoms with van der Waals surface area (Å²) in [7, 11) is 1.59. The maximum Gasteiger partial charge on any atom is 0.253 e. The average Bonchev–Trinajstić information content (AvgIpc) is 3.40. The minimum atomic E-state index is -0.372. The second-order valence-corrected chi connectivity index (χ2v) is 6.81. The van der Waals surface area contributed by atoms with E-state index in [1.807, 2.05) is 24.3 Å². The van der Waals surface area contributed by atoms with Crippen LogP contribution in [0.15, 0.2) is 77.4 Å². The molecular weight excluding hydrogens is 383 g/mol. The third-order valence-electron chi connectivity index (χ3n) is 4.95. The third-order valence-corrected chi connectivity index (χ3v) is 4.95. The number of ether oxygens (including phenoxy) is 1. The van der Waals surface area contributed by atoms with E-state index in [0.29, 0.717) is 34.1 Å². The molecule has 2 aromatic heterocycles. The zero-order chi connectivity index (χ0) is 21.1. The number of carbonyl (C=O) groups excluding carboxylic acids is 1. The summed E-state index contributed by atoms with van der Waals surface area (Å²) in [5.41, 5.74) is 2.97. The molecule has 0 saturated heterocycles. The van der Waals surface area contributed by atoms with Crippen LogP contribution in [0.4, 0.5) is 4.39 Å². The van der Waals surface area contributed by atoms with Gasteiger partial charge in [-0.1, -0.05) is 24.3 Å². The number of nitrogens with one attached hydrogen (secondary N) is 1. The second kappa shape index (κ2) is 8.29. The summed E-state index contributed by atoms with van der Waals surface area (Å²) >= 11 is 0. The smallest absolute Gasteiger partial charge is 0.253 e. The molecule has 1 N–H and O–H groups in total. The number of methoxy groups -OCH3 is 1. The Morgan fingerprint density at radius 3 is 2.67 bits per heavy atom. The largest absolute Gasteiger partial charge is 0.497 e. The molecule has 0 saturated carbocycles. The van der Waals surface area contributed by atoms with E-state index in [1.54, 1.807) is 61.3 Å². The first kappa shape index (κ1) is 19.5. The van der Waals surface area contributed by atoms with Crippen LogP contribution in [0.25, 0.3) is 16.9 Å². The summed E-state index contributed by atoms with van der Waals surface area (Å²) in [5.74, 6) is 0.698. The Morgan fingerprint density at radius 1 is 1.10 bits per heavy atom. The lowest BCUT2D eigenvalue weighted by molar-refractivity contribution is 0.0947. The third kappa shape index (κ3) is 3.72. The van der Waals surface area contributed by atoms with Gasteiger partial charge in [0.1, 0.15) is 17.3 Å². The van der Waals surface area contributed by atoms with Crippen molar-refractivity contribution in [3.63, 3.8) is 0 Å². The molecule has 4 aromatic rings. The van der Waals surface area contributed by atoms with Crippen LogP contribution >= 0.6 is 0 Å². The number of para-hydroxylation sites is 1. The lowest BCUT2D eigenvalue weighted by atomic mass is 10.1. The van der Waals surface area contributed by atoms with Gasteiger partial charge < -0.3 is 19.0 Å². The van der Waals surface area contributed by atoms with Crippen LogP contribution in [0.5, 0.6) is 5.75 Å². The van der Waals surface area contributed by atoms with Crippen molar-refractivity contribution < 1.29 is 18.3 Å². The van der Waals surface area contributed by atoms with Crippen molar-refractivity contribution in [2.75, 3.05) is 7.11 Å². The van der Waals surface area contributed by atoms with Gasteiger partial charge in [-0.05, 0) is 49.4 Å². The Kier molecular flexibility index (Phi) is 5.39. The normalized spacial score (nSPS) is 10.8. The molecule has 0 spiro atoms. The number of hydrogen-bond donors (Lipinski definition) is 1. The summed E-state index contributed by atoms with van der Waals surface area (Å²) in [5, 5.41) is 2.86. The molecule has 5 nitrogen and oxygen atoms in total. The molecule has 6 heteroatoms. The highest BCUT2D eigenvalue weighted by Gasteiger charge is 2.21. The lowest BCUT2D eigenvalue weighted by Gasteiger charge is -2.14. The van der Waals surface area contributed by atoms with Gasteiger partial charge in [-0.25, -0.2) is 4.39 Å². The monoisotopic (exact) mass is 404 g/mol. The Balaban J connectivity index is 1.80. The van der Waals surface area contributed by atoms with Crippen molar-refractivity contribution >= 4 is 5.91 Å². The number of carbonyl (C=O) groups is 1. The van der Waals surface area contributed by atoms with E-state index < -0.39 is 0 Å². The molecule has 0 aliphatic rings. The summed E-state index contributed by atoms with van der Waals surface area (Å²) in [4.78, 5) is 12.9. The van der Waals surface area contributed by atoms with Gasteiger partial charge in [0.25, 0.3) is 5.91 Å². The van der Waals surface area contributed by atoms with Crippen LogP contribution in [0.1, 0.15) is 21.8 Å². The van der Waals surface area contributed by atoms with E-state index in [2.05, 4.69) is 5.32 Å². The van der Waals surface area contributed by atoms with Crippen LogP contribution in [0.2, 0.25) is 0 Å². The SMILES string of the molecule is COc1cccc(-c2cc(C(=O)NCc3ccco3)c(C)n2-c2ccccc2F)c1. The fraction of sp³-hybridized carbons (Fsp3) is 0.125. The van der Waals surface area contributed by atoms with Crippen molar-refractivity contribution in [2.24, 2.45) is 0 Å². The van der Waals surface area contributed by atoms with E-state index in [9.17, 15) is 9.18 Å². The van der Waals surface area contributed by atoms with Crippen molar-refractivity contribution in [3.8, 4) is 22.7 Å². The molecule has 0 bridgehead atoms. The van der Waals surface area contributed by atoms with E-state index in [4.69, 9.17) is 9.15 Å². The second-order valence-electron chi connectivity index (χ2n) is 6.81. The molecule has 2 heterocycles. The predicted molar refractivity (Wildman–Crippen MR) is 112 cm³/mol. The number of furan rings is 1. The molecule has 30 heavy (non-hydrogen) atoms. The van der Waals surface area contributed by atoms with E-state index in [0.717, 1.165) is 5.56 Å². The van der Waals surface area contributed by atoms with E-state index >= 15 is 0 Å². The Bertz CT molecular complexity index is 1180. The molecule has 0 aliphatic carbocycles. The number of rotatable bonds is 6. The van der Waals surface area contributed by atoms with Gasteiger partial charge in [-0.15, -0.1) is 0 Å². The zero-order valence-corrected chi connectivity index (χ0v) is 16.7. The molecule has 0 aliphatic heterocycles. The molecule has 152 valence electrons. The Hall–Kier alpha value is -3.80. The minimum Gasteiger partial charge on any atom is -0.497 e. The predicted octanol–water partition coefficient (Wildman–Crippen LogP) is 5.12. The van der Waals surface area contributed by atoms with Gasteiger partial charge in [0.05, 0.1) is 36.9 Å². The molecule has 0 atom stereocenters. The van der Waals surface area contributed by atoms with Crippen molar-refractivity contribution in [1.29, 1.82) is 0 Å². The van der Waals surface area contributed by atoms with Crippen molar-refractivity contribution in [1.82, 2.24) is 9.88 Å². The van der Waals surface area contributed by atoms with Gasteiger partial charge in [0.15, 0.2) is 0 Å². The fourth-order valence-corrected chi connectivity index (χ4v) is 3.45. The van der Waals surface area contributed by atoms with Gasteiger partial charge in [0, 0.05) is 11.3 Å². The first-order chi connectivity index (χ1) is 14.6. The summed E-state index contributed by atoms with van der Waals surface area (Å²) in [6.45, 7) is 2.07. The molecule has 0 fully saturated rings. The quantitative estimate of drug-likeness (QED) is 0.485.